The molecule has 144 valence electrons. The molecule has 1 aliphatic carbocycles. The van der Waals surface area contributed by atoms with Crippen molar-refractivity contribution in [1.29, 1.82) is 0 Å². The molecular weight excluding hydrogens is 366 g/mol. The van der Waals surface area contributed by atoms with E-state index in [1.807, 2.05) is 37.3 Å². The van der Waals surface area contributed by atoms with Crippen LogP contribution in [-0.4, -0.2) is 28.1 Å². The Morgan fingerprint density at radius 1 is 1.07 bits per heavy atom. The van der Waals surface area contributed by atoms with Gasteiger partial charge in [-0.3, -0.25) is 9.79 Å². The van der Waals surface area contributed by atoms with Gasteiger partial charge in [-0.2, -0.15) is 0 Å². The first-order valence-corrected chi connectivity index (χ1v) is 10.8. The summed E-state index contributed by atoms with van der Waals surface area (Å²) in [6.07, 6.45) is 4.34. The Kier molecular flexibility index (Phi) is 5.36. The van der Waals surface area contributed by atoms with Crippen LogP contribution in [0.25, 0.3) is 0 Å². The van der Waals surface area contributed by atoms with Gasteiger partial charge in [0.1, 0.15) is 5.04 Å². The summed E-state index contributed by atoms with van der Waals surface area (Å²) in [5.74, 6) is 0.313. The van der Waals surface area contributed by atoms with Crippen LogP contribution in [0.2, 0.25) is 0 Å². The van der Waals surface area contributed by atoms with E-state index in [0.29, 0.717) is 5.75 Å². The molecule has 0 unspecified atom stereocenters. The molecule has 0 aromatic heterocycles. The van der Waals surface area contributed by atoms with Crippen LogP contribution in [0.3, 0.4) is 0 Å². The Labute approximate surface area is 170 Å². The summed E-state index contributed by atoms with van der Waals surface area (Å²) in [5, 5.41) is 3.91. The smallest absolute Gasteiger partial charge is 0.234 e. The third kappa shape index (κ3) is 4.04. The second-order valence-electron chi connectivity index (χ2n) is 7.59. The normalized spacial score (nSPS) is 17.5. The van der Waals surface area contributed by atoms with E-state index >= 15 is 0 Å². The number of carbonyl (C=O) groups excluding carboxylic acids is 1. The van der Waals surface area contributed by atoms with Gasteiger partial charge >= 0.3 is 0 Å². The molecule has 0 radical (unpaired) electrons. The van der Waals surface area contributed by atoms with E-state index in [-0.39, 0.29) is 11.6 Å². The fraction of sp³-hybridized carbons (Fsp3) is 0.348. The number of amides is 1. The van der Waals surface area contributed by atoms with E-state index in [2.05, 4.69) is 30.4 Å². The predicted molar refractivity (Wildman–Crippen MR) is 119 cm³/mol. The van der Waals surface area contributed by atoms with E-state index in [4.69, 9.17) is 9.98 Å². The third-order valence-corrected chi connectivity index (χ3v) is 6.24. The van der Waals surface area contributed by atoms with Crippen LogP contribution in [0.5, 0.6) is 0 Å². The maximum atomic E-state index is 12.5. The van der Waals surface area contributed by atoms with Crippen molar-refractivity contribution in [2.24, 2.45) is 9.98 Å². The van der Waals surface area contributed by atoms with Crippen molar-refractivity contribution < 1.29 is 4.79 Å². The molecule has 1 spiro atoms. The van der Waals surface area contributed by atoms with Gasteiger partial charge in [-0.1, -0.05) is 59.8 Å². The van der Waals surface area contributed by atoms with Gasteiger partial charge in [0, 0.05) is 11.3 Å². The van der Waals surface area contributed by atoms with Gasteiger partial charge in [0.2, 0.25) is 5.91 Å². The van der Waals surface area contributed by atoms with Gasteiger partial charge in [0.05, 0.1) is 11.5 Å². The molecule has 0 saturated heterocycles. The number of aryl methyl sites for hydroxylation is 2. The molecule has 0 bridgehead atoms. The molecule has 1 N–H and O–H groups in total. The average molecular weight is 392 g/mol. The number of nitrogens with zero attached hydrogens (tertiary/aromatic N) is 2. The number of benzene rings is 2. The lowest BCUT2D eigenvalue weighted by Gasteiger charge is -2.14. The number of hydrogen-bond acceptors (Lipinski definition) is 4. The molecule has 28 heavy (non-hydrogen) atoms. The molecule has 1 fully saturated rings. The molecule has 1 amide bonds. The first kappa shape index (κ1) is 18.9. The van der Waals surface area contributed by atoms with Crippen LogP contribution in [0.15, 0.2) is 58.5 Å². The first-order chi connectivity index (χ1) is 13.5. The number of aliphatic imine (C=N–C) groups is 2. The van der Waals surface area contributed by atoms with Crippen molar-refractivity contribution in [2.75, 3.05) is 11.1 Å². The SMILES string of the molecule is Cc1ccc(NC(=O)CSC2=NC3(CCCC3)N=C2c2ccccc2)c(C)c1. The highest BCUT2D eigenvalue weighted by molar-refractivity contribution is 8.16. The zero-order valence-electron chi connectivity index (χ0n) is 16.4. The Morgan fingerprint density at radius 2 is 1.82 bits per heavy atom. The predicted octanol–water partition coefficient (Wildman–Crippen LogP) is 5.15. The molecule has 1 heterocycles. The van der Waals surface area contributed by atoms with Crippen LogP contribution in [0.1, 0.15) is 42.4 Å². The molecular formula is C23H25N3OS. The standard InChI is InChI=1S/C23H25N3OS/c1-16-10-11-19(17(2)14-16)24-20(27)15-28-22-21(18-8-4-3-5-9-18)25-23(26-22)12-6-7-13-23/h3-5,8-11,14H,6-7,12-13,15H2,1-2H3,(H,24,27). The van der Waals surface area contributed by atoms with Gasteiger partial charge < -0.3 is 5.32 Å². The van der Waals surface area contributed by atoms with Crippen molar-refractivity contribution in [3.8, 4) is 0 Å². The van der Waals surface area contributed by atoms with Gasteiger partial charge in [-0.05, 0) is 51.2 Å². The van der Waals surface area contributed by atoms with E-state index in [9.17, 15) is 4.79 Å². The van der Waals surface area contributed by atoms with Crippen molar-refractivity contribution in [3.63, 3.8) is 0 Å². The number of anilines is 1. The van der Waals surface area contributed by atoms with Crippen molar-refractivity contribution >= 4 is 34.1 Å². The molecule has 5 heteroatoms. The summed E-state index contributed by atoms with van der Waals surface area (Å²) >= 11 is 1.49. The van der Waals surface area contributed by atoms with Crippen LogP contribution >= 0.6 is 11.8 Å². The number of rotatable bonds is 4. The van der Waals surface area contributed by atoms with Gasteiger partial charge in [0.25, 0.3) is 0 Å². The molecule has 0 atom stereocenters. The van der Waals surface area contributed by atoms with E-state index < -0.39 is 0 Å². The first-order valence-electron chi connectivity index (χ1n) is 9.80. The minimum absolute atomic E-state index is 0.0144. The fourth-order valence-electron chi connectivity index (χ4n) is 3.85. The van der Waals surface area contributed by atoms with Crippen molar-refractivity contribution in [1.82, 2.24) is 0 Å². The Morgan fingerprint density at radius 3 is 2.54 bits per heavy atom. The molecule has 2 aliphatic rings. The number of hydrogen-bond donors (Lipinski definition) is 1. The topological polar surface area (TPSA) is 53.8 Å². The quantitative estimate of drug-likeness (QED) is 0.784. The summed E-state index contributed by atoms with van der Waals surface area (Å²) in [7, 11) is 0. The number of carbonyl (C=O) groups is 1. The number of nitrogens with one attached hydrogen (secondary N) is 1. The van der Waals surface area contributed by atoms with Gasteiger partial charge in [-0.25, -0.2) is 4.99 Å². The van der Waals surface area contributed by atoms with E-state index in [1.165, 1.54) is 30.2 Å². The summed E-state index contributed by atoms with van der Waals surface area (Å²) in [5.41, 5.74) is 4.86. The van der Waals surface area contributed by atoms with Crippen molar-refractivity contribution in [2.45, 2.75) is 45.2 Å². The maximum Gasteiger partial charge on any atom is 0.234 e. The van der Waals surface area contributed by atoms with Crippen LogP contribution in [0, 0.1) is 13.8 Å². The average Bonchev–Trinajstić information content (AvgIpc) is 3.30. The third-order valence-electron chi connectivity index (χ3n) is 5.28. The highest BCUT2D eigenvalue weighted by atomic mass is 32.2. The summed E-state index contributed by atoms with van der Waals surface area (Å²) in [6.45, 7) is 4.07. The molecule has 2 aromatic carbocycles. The van der Waals surface area contributed by atoms with Crippen molar-refractivity contribution in [3.05, 3.63) is 65.2 Å². The lowest BCUT2D eigenvalue weighted by molar-refractivity contribution is -0.113. The van der Waals surface area contributed by atoms with Crippen LogP contribution < -0.4 is 5.32 Å². The lowest BCUT2D eigenvalue weighted by Crippen LogP contribution is -2.18. The summed E-state index contributed by atoms with van der Waals surface area (Å²) in [6, 6.07) is 16.2. The summed E-state index contributed by atoms with van der Waals surface area (Å²) < 4.78 is 0. The minimum atomic E-state index is -0.294. The molecule has 4 rings (SSSR count). The van der Waals surface area contributed by atoms with E-state index in [1.54, 1.807) is 0 Å². The zero-order chi connectivity index (χ0) is 19.6. The van der Waals surface area contributed by atoms with Crippen LogP contribution in [0.4, 0.5) is 5.69 Å². The second-order valence-corrected chi connectivity index (χ2v) is 8.55. The van der Waals surface area contributed by atoms with E-state index in [0.717, 1.165) is 40.4 Å². The molecule has 1 aliphatic heterocycles. The lowest BCUT2D eigenvalue weighted by atomic mass is 10.1. The summed E-state index contributed by atoms with van der Waals surface area (Å²) in [4.78, 5) is 22.5. The highest BCUT2D eigenvalue weighted by Crippen LogP contribution is 2.40. The second kappa shape index (κ2) is 7.92. The minimum Gasteiger partial charge on any atom is -0.325 e. The Balaban J connectivity index is 1.48. The largest absolute Gasteiger partial charge is 0.325 e. The Bertz CT molecular complexity index is 944. The maximum absolute atomic E-state index is 12.5. The molecule has 4 nitrogen and oxygen atoms in total. The number of thioether (sulfide) groups is 1. The van der Waals surface area contributed by atoms with Gasteiger partial charge in [0.15, 0.2) is 5.66 Å². The molecule has 2 aromatic rings. The molecule has 1 saturated carbocycles. The van der Waals surface area contributed by atoms with Crippen LogP contribution in [-0.2, 0) is 4.79 Å². The zero-order valence-corrected chi connectivity index (χ0v) is 17.2. The van der Waals surface area contributed by atoms with Gasteiger partial charge in [-0.15, -0.1) is 0 Å². The monoisotopic (exact) mass is 391 g/mol. The highest BCUT2D eigenvalue weighted by Gasteiger charge is 2.39. The Hall–Kier alpha value is -2.40. The fourth-order valence-corrected chi connectivity index (χ4v) is 4.72.